The SMILES string of the molecule is CNc1cc(NCc2ccccc2C(F)(F)F)nc(C)n1. The summed E-state index contributed by atoms with van der Waals surface area (Å²) in [5.41, 5.74) is -0.468. The number of halogens is 3. The molecule has 2 aromatic rings. The summed E-state index contributed by atoms with van der Waals surface area (Å²) in [7, 11) is 1.71. The van der Waals surface area contributed by atoms with Gasteiger partial charge in [-0.15, -0.1) is 0 Å². The Bertz CT molecular complexity index is 626. The van der Waals surface area contributed by atoms with Gasteiger partial charge < -0.3 is 10.6 Å². The largest absolute Gasteiger partial charge is 0.416 e. The molecule has 0 radical (unpaired) electrons. The Morgan fingerprint density at radius 3 is 2.43 bits per heavy atom. The Balaban J connectivity index is 2.19. The lowest BCUT2D eigenvalue weighted by atomic mass is 10.1. The van der Waals surface area contributed by atoms with Crippen molar-refractivity contribution in [1.29, 1.82) is 0 Å². The van der Waals surface area contributed by atoms with E-state index in [2.05, 4.69) is 20.6 Å². The molecular formula is C14H15F3N4. The number of rotatable bonds is 4. The number of hydrogen-bond donors (Lipinski definition) is 2. The van der Waals surface area contributed by atoms with Crippen molar-refractivity contribution in [2.75, 3.05) is 17.7 Å². The smallest absolute Gasteiger partial charge is 0.373 e. The van der Waals surface area contributed by atoms with Crippen LogP contribution in [-0.2, 0) is 12.7 Å². The monoisotopic (exact) mass is 296 g/mol. The number of alkyl halides is 3. The van der Waals surface area contributed by atoms with E-state index in [1.807, 2.05) is 0 Å². The molecule has 1 aromatic carbocycles. The van der Waals surface area contributed by atoms with E-state index in [0.29, 0.717) is 17.5 Å². The van der Waals surface area contributed by atoms with Crippen LogP contribution < -0.4 is 10.6 Å². The summed E-state index contributed by atoms with van der Waals surface area (Å²) < 4.78 is 38.7. The number of nitrogens with zero attached hydrogens (tertiary/aromatic N) is 2. The highest BCUT2D eigenvalue weighted by Crippen LogP contribution is 2.32. The van der Waals surface area contributed by atoms with Crippen molar-refractivity contribution in [3.05, 3.63) is 47.3 Å². The summed E-state index contributed by atoms with van der Waals surface area (Å²) in [6, 6.07) is 7.12. The van der Waals surface area contributed by atoms with Crippen molar-refractivity contribution in [2.24, 2.45) is 0 Å². The topological polar surface area (TPSA) is 49.8 Å². The van der Waals surface area contributed by atoms with E-state index in [4.69, 9.17) is 0 Å². The van der Waals surface area contributed by atoms with Gasteiger partial charge in [0.25, 0.3) is 0 Å². The maximum atomic E-state index is 12.9. The van der Waals surface area contributed by atoms with Crippen LogP contribution in [0.25, 0.3) is 0 Å². The van der Waals surface area contributed by atoms with Gasteiger partial charge in [0.1, 0.15) is 17.5 Å². The van der Waals surface area contributed by atoms with Gasteiger partial charge in [0.05, 0.1) is 5.56 Å². The molecule has 2 N–H and O–H groups in total. The van der Waals surface area contributed by atoms with Crippen LogP contribution in [0.1, 0.15) is 17.0 Å². The van der Waals surface area contributed by atoms with Gasteiger partial charge in [-0.05, 0) is 18.6 Å². The zero-order valence-electron chi connectivity index (χ0n) is 11.6. The fourth-order valence-electron chi connectivity index (χ4n) is 1.92. The van der Waals surface area contributed by atoms with E-state index < -0.39 is 11.7 Å². The first-order valence-corrected chi connectivity index (χ1v) is 6.32. The normalized spacial score (nSPS) is 11.3. The molecular weight excluding hydrogens is 281 g/mol. The second kappa shape index (κ2) is 5.99. The summed E-state index contributed by atoms with van der Waals surface area (Å²) in [5.74, 6) is 1.62. The summed E-state index contributed by atoms with van der Waals surface area (Å²) in [6.07, 6.45) is -4.37. The molecule has 0 saturated carbocycles. The third-order valence-corrected chi connectivity index (χ3v) is 2.88. The molecule has 0 amide bonds. The highest BCUT2D eigenvalue weighted by molar-refractivity contribution is 5.47. The third kappa shape index (κ3) is 3.84. The minimum atomic E-state index is -4.37. The van der Waals surface area contributed by atoms with Crippen LogP contribution in [0.3, 0.4) is 0 Å². The van der Waals surface area contributed by atoms with Crippen LogP contribution in [0.4, 0.5) is 24.8 Å². The molecule has 7 heteroatoms. The summed E-state index contributed by atoms with van der Waals surface area (Å²) in [5, 5.41) is 5.77. The van der Waals surface area contributed by atoms with Crippen molar-refractivity contribution in [3.63, 3.8) is 0 Å². The lowest BCUT2D eigenvalue weighted by molar-refractivity contribution is -0.138. The molecule has 0 unspecified atom stereocenters. The Labute approximate surface area is 120 Å². The van der Waals surface area contributed by atoms with Crippen molar-refractivity contribution < 1.29 is 13.2 Å². The molecule has 0 bridgehead atoms. The van der Waals surface area contributed by atoms with Gasteiger partial charge in [0.15, 0.2) is 0 Å². The van der Waals surface area contributed by atoms with Crippen LogP contribution in [0.2, 0.25) is 0 Å². The van der Waals surface area contributed by atoms with Crippen molar-refractivity contribution in [3.8, 4) is 0 Å². The molecule has 112 valence electrons. The Morgan fingerprint density at radius 2 is 1.76 bits per heavy atom. The van der Waals surface area contributed by atoms with Gasteiger partial charge in [-0.3, -0.25) is 0 Å². The maximum Gasteiger partial charge on any atom is 0.416 e. The van der Waals surface area contributed by atoms with Crippen LogP contribution in [-0.4, -0.2) is 17.0 Å². The molecule has 0 spiro atoms. The fraction of sp³-hybridized carbons (Fsp3) is 0.286. The van der Waals surface area contributed by atoms with E-state index >= 15 is 0 Å². The van der Waals surface area contributed by atoms with Gasteiger partial charge in [-0.2, -0.15) is 13.2 Å². The standard InChI is InChI=1S/C14H15F3N4/c1-9-20-12(18-2)7-13(21-9)19-8-10-5-3-4-6-11(10)14(15,16)17/h3-7H,8H2,1-2H3,(H2,18,19,20,21). The molecule has 0 saturated heterocycles. The second-order valence-corrected chi connectivity index (χ2v) is 4.44. The van der Waals surface area contributed by atoms with E-state index in [9.17, 15) is 13.2 Å². The second-order valence-electron chi connectivity index (χ2n) is 4.44. The lowest BCUT2D eigenvalue weighted by Gasteiger charge is -2.14. The maximum absolute atomic E-state index is 12.9. The molecule has 1 heterocycles. The highest BCUT2D eigenvalue weighted by Gasteiger charge is 2.32. The van der Waals surface area contributed by atoms with Gasteiger partial charge >= 0.3 is 6.18 Å². The van der Waals surface area contributed by atoms with E-state index in [1.165, 1.54) is 12.1 Å². The van der Waals surface area contributed by atoms with Crippen molar-refractivity contribution >= 4 is 11.6 Å². The van der Waals surface area contributed by atoms with Crippen molar-refractivity contribution in [1.82, 2.24) is 9.97 Å². The summed E-state index contributed by atoms with van der Waals surface area (Å²) in [6.45, 7) is 1.75. The minimum Gasteiger partial charge on any atom is -0.373 e. The lowest BCUT2D eigenvalue weighted by Crippen LogP contribution is -2.12. The zero-order valence-corrected chi connectivity index (χ0v) is 11.6. The van der Waals surface area contributed by atoms with Gasteiger partial charge in [0, 0.05) is 19.7 Å². The summed E-state index contributed by atoms with van der Waals surface area (Å²) >= 11 is 0. The van der Waals surface area contributed by atoms with E-state index in [1.54, 1.807) is 26.1 Å². The van der Waals surface area contributed by atoms with Crippen LogP contribution in [0, 0.1) is 6.92 Å². The van der Waals surface area contributed by atoms with Crippen molar-refractivity contribution in [2.45, 2.75) is 19.6 Å². The predicted molar refractivity (Wildman–Crippen MR) is 75.1 cm³/mol. The molecule has 21 heavy (non-hydrogen) atoms. The summed E-state index contributed by atoms with van der Waals surface area (Å²) in [4.78, 5) is 8.27. The Hall–Kier alpha value is -2.31. The molecule has 4 nitrogen and oxygen atoms in total. The van der Waals surface area contributed by atoms with Gasteiger partial charge in [-0.25, -0.2) is 9.97 Å². The molecule has 0 aliphatic carbocycles. The number of benzene rings is 1. The average Bonchev–Trinajstić information content (AvgIpc) is 2.44. The molecule has 2 rings (SSSR count). The number of nitrogens with one attached hydrogen (secondary N) is 2. The number of anilines is 2. The quantitative estimate of drug-likeness (QED) is 0.907. The van der Waals surface area contributed by atoms with E-state index in [-0.39, 0.29) is 12.1 Å². The Morgan fingerprint density at radius 1 is 1.10 bits per heavy atom. The average molecular weight is 296 g/mol. The van der Waals surface area contributed by atoms with Gasteiger partial charge in [-0.1, -0.05) is 18.2 Å². The molecule has 0 fully saturated rings. The molecule has 1 aromatic heterocycles. The first-order valence-electron chi connectivity index (χ1n) is 6.32. The molecule has 0 atom stereocenters. The fourth-order valence-corrected chi connectivity index (χ4v) is 1.92. The minimum absolute atomic E-state index is 0.0370. The van der Waals surface area contributed by atoms with Crippen LogP contribution >= 0.6 is 0 Å². The molecule has 0 aliphatic heterocycles. The number of aromatic nitrogens is 2. The van der Waals surface area contributed by atoms with Crippen LogP contribution in [0.5, 0.6) is 0 Å². The van der Waals surface area contributed by atoms with E-state index in [0.717, 1.165) is 6.07 Å². The van der Waals surface area contributed by atoms with Crippen LogP contribution in [0.15, 0.2) is 30.3 Å². The number of aryl methyl sites for hydroxylation is 1. The number of hydrogen-bond acceptors (Lipinski definition) is 4. The Kier molecular flexibility index (Phi) is 4.30. The first-order chi connectivity index (χ1) is 9.90. The first kappa shape index (κ1) is 15.1. The third-order valence-electron chi connectivity index (χ3n) is 2.88. The highest BCUT2D eigenvalue weighted by atomic mass is 19.4. The molecule has 0 aliphatic rings. The predicted octanol–water partition coefficient (Wildman–Crippen LogP) is 3.46. The van der Waals surface area contributed by atoms with Gasteiger partial charge in [0.2, 0.25) is 0 Å². The zero-order chi connectivity index (χ0) is 15.5.